The minimum absolute atomic E-state index is 0.447. The zero-order chi connectivity index (χ0) is 14.7. The molecule has 0 amide bonds. The van der Waals surface area contributed by atoms with Crippen molar-refractivity contribution in [3.63, 3.8) is 0 Å². The van der Waals surface area contributed by atoms with Crippen LogP contribution in [-0.4, -0.2) is 19.6 Å². The minimum atomic E-state index is 0.447. The van der Waals surface area contributed by atoms with Crippen molar-refractivity contribution in [3.8, 4) is 0 Å². The first-order chi connectivity index (χ1) is 10.2. The SMILES string of the molecule is COCc1ccccc1NC(N)=NCC12CCC(CC1)C2. The van der Waals surface area contributed by atoms with E-state index in [2.05, 4.69) is 10.3 Å². The fourth-order valence-corrected chi connectivity index (χ4v) is 3.89. The van der Waals surface area contributed by atoms with E-state index in [1.165, 1.54) is 32.1 Å². The van der Waals surface area contributed by atoms with Gasteiger partial charge in [0.25, 0.3) is 0 Å². The quantitative estimate of drug-likeness (QED) is 0.646. The van der Waals surface area contributed by atoms with Crippen molar-refractivity contribution in [1.82, 2.24) is 0 Å². The highest BCUT2D eigenvalue weighted by molar-refractivity contribution is 5.93. The van der Waals surface area contributed by atoms with Gasteiger partial charge in [0, 0.05) is 24.9 Å². The van der Waals surface area contributed by atoms with Gasteiger partial charge in [0.15, 0.2) is 5.96 Å². The lowest BCUT2D eigenvalue weighted by molar-refractivity contribution is 0.185. The third-order valence-electron chi connectivity index (χ3n) is 5.05. The lowest BCUT2D eigenvalue weighted by Crippen LogP contribution is -2.27. The number of nitrogens with zero attached hydrogens (tertiary/aromatic N) is 1. The third kappa shape index (κ3) is 3.21. The highest BCUT2D eigenvalue weighted by Crippen LogP contribution is 2.54. The maximum Gasteiger partial charge on any atom is 0.193 e. The fourth-order valence-electron chi connectivity index (χ4n) is 3.89. The maximum atomic E-state index is 6.07. The number of nitrogens with one attached hydrogen (secondary N) is 1. The van der Waals surface area contributed by atoms with Gasteiger partial charge in [0.1, 0.15) is 0 Å². The lowest BCUT2D eigenvalue weighted by Gasteiger charge is -2.24. The number of hydrogen-bond acceptors (Lipinski definition) is 2. The monoisotopic (exact) mass is 287 g/mol. The molecule has 1 aromatic carbocycles. The van der Waals surface area contributed by atoms with Gasteiger partial charge in [-0.1, -0.05) is 18.2 Å². The molecule has 1 aromatic rings. The summed E-state index contributed by atoms with van der Waals surface area (Å²) in [7, 11) is 1.70. The van der Waals surface area contributed by atoms with Gasteiger partial charge in [-0.2, -0.15) is 0 Å². The van der Waals surface area contributed by atoms with Crippen LogP contribution in [0.5, 0.6) is 0 Å². The van der Waals surface area contributed by atoms with E-state index in [1.54, 1.807) is 7.11 Å². The molecular formula is C17H25N3O. The van der Waals surface area contributed by atoms with Crippen LogP contribution >= 0.6 is 0 Å². The van der Waals surface area contributed by atoms with E-state index in [1.807, 2.05) is 24.3 Å². The molecule has 2 fully saturated rings. The number of para-hydroxylation sites is 1. The Morgan fingerprint density at radius 1 is 1.38 bits per heavy atom. The van der Waals surface area contributed by atoms with Gasteiger partial charge in [-0.3, -0.25) is 4.99 Å². The molecule has 0 aromatic heterocycles. The van der Waals surface area contributed by atoms with Crippen molar-refractivity contribution in [2.45, 2.75) is 38.7 Å². The lowest BCUT2D eigenvalue weighted by atomic mass is 9.84. The molecule has 0 atom stereocenters. The highest BCUT2D eigenvalue weighted by atomic mass is 16.5. The standard InChI is InChI=1S/C17H25N3O/c1-21-11-14-4-2-3-5-15(14)20-16(18)19-12-17-8-6-13(10-17)7-9-17/h2-5,13H,6-12H2,1H3,(H3,18,19,20). The van der Waals surface area contributed by atoms with Gasteiger partial charge in [-0.25, -0.2) is 0 Å². The van der Waals surface area contributed by atoms with Crippen LogP contribution in [0, 0.1) is 11.3 Å². The molecule has 3 N–H and O–H groups in total. The number of benzene rings is 1. The van der Waals surface area contributed by atoms with Crippen LogP contribution in [0.25, 0.3) is 0 Å². The first-order valence-electron chi connectivity index (χ1n) is 7.85. The molecule has 0 unspecified atom stereocenters. The molecule has 2 aliphatic rings. The van der Waals surface area contributed by atoms with Crippen LogP contribution in [0.15, 0.2) is 29.3 Å². The van der Waals surface area contributed by atoms with Gasteiger partial charge >= 0.3 is 0 Å². The number of guanidine groups is 1. The predicted octanol–water partition coefficient (Wildman–Crippen LogP) is 3.14. The van der Waals surface area contributed by atoms with Gasteiger partial charge in [0.2, 0.25) is 0 Å². The van der Waals surface area contributed by atoms with E-state index >= 15 is 0 Å². The van der Waals surface area contributed by atoms with Crippen LogP contribution in [-0.2, 0) is 11.3 Å². The Morgan fingerprint density at radius 2 is 2.14 bits per heavy atom. The number of nitrogens with two attached hydrogens (primary N) is 1. The average molecular weight is 287 g/mol. The summed E-state index contributed by atoms with van der Waals surface area (Å²) in [5.74, 6) is 1.47. The fraction of sp³-hybridized carbons (Fsp3) is 0.588. The Labute approximate surface area is 126 Å². The largest absolute Gasteiger partial charge is 0.380 e. The molecule has 0 aliphatic heterocycles. The summed E-state index contributed by atoms with van der Waals surface area (Å²) in [5.41, 5.74) is 8.60. The Hall–Kier alpha value is -1.55. The van der Waals surface area contributed by atoms with Crippen molar-refractivity contribution in [2.75, 3.05) is 19.0 Å². The Balaban J connectivity index is 1.63. The molecule has 3 rings (SSSR count). The summed E-state index contributed by atoms with van der Waals surface area (Å²) >= 11 is 0. The van der Waals surface area contributed by atoms with Crippen LogP contribution in [0.3, 0.4) is 0 Å². The van der Waals surface area contributed by atoms with Crippen molar-refractivity contribution in [2.24, 2.45) is 22.1 Å². The Bertz CT molecular complexity index is 519. The summed E-state index contributed by atoms with van der Waals surface area (Å²) < 4.78 is 5.21. The second kappa shape index (κ2) is 6.06. The second-order valence-electron chi connectivity index (χ2n) is 6.56. The van der Waals surface area contributed by atoms with E-state index in [9.17, 15) is 0 Å². The van der Waals surface area contributed by atoms with Crippen molar-refractivity contribution in [1.29, 1.82) is 0 Å². The molecule has 114 valence electrons. The maximum absolute atomic E-state index is 6.07. The highest BCUT2D eigenvalue weighted by Gasteiger charge is 2.44. The summed E-state index contributed by atoms with van der Waals surface area (Å²) in [6.45, 7) is 1.44. The number of hydrogen-bond donors (Lipinski definition) is 2. The molecule has 0 heterocycles. The summed E-state index contributed by atoms with van der Waals surface area (Å²) in [5, 5.41) is 3.22. The Kier molecular flexibility index (Phi) is 4.15. The van der Waals surface area contributed by atoms with Crippen LogP contribution in [0.4, 0.5) is 5.69 Å². The number of rotatable bonds is 5. The third-order valence-corrected chi connectivity index (χ3v) is 5.05. The van der Waals surface area contributed by atoms with Gasteiger partial charge < -0.3 is 15.8 Å². The van der Waals surface area contributed by atoms with Crippen molar-refractivity contribution >= 4 is 11.6 Å². The van der Waals surface area contributed by atoms with E-state index < -0.39 is 0 Å². The molecule has 4 heteroatoms. The average Bonchev–Trinajstić information content (AvgIpc) is 3.09. The zero-order valence-electron chi connectivity index (χ0n) is 12.8. The number of fused-ring (bicyclic) bond motifs is 2. The molecule has 2 aliphatic carbocycles. The van der Waals surface area contributed by atoms with E-state index in [0.717, 1.165) is 23.7 Å². The molecule has 21 heavy (non-hydrogen) atoms. The molecule has 2 saturated carbocycles. The van der Waals surface area contributed by atoms with Crippen LogP contribution in [0.1, 0.15) is 37.7 Å². The summed E-state index contributed by atoms with van der Waals surface area (Å²) in [4.78, 5) is 4.61. The normalized spacial score (nSPS) is 28.0. The molecular weight excluding hydrogens is 262 g/mol. The molecule has 0 radical (unpaired) electrons. The van der Waals surface area contributed by atoms with Crippen LogP contribution in [0.2, 0.25) is 0 Å². The summed E-state index contributed by atoms with van der Waals surface area (Å²) in [6.07, 6.45) is 6.78. The zero-order valence-corrected chi connectivity index (χ0v) is 12.8. The van der Waals surface area contributed by atoms with E-state index in [-0.39, 0.29) is 0 Å². The number of aliphatic imine (C=N–C) groups is 1. The van der Waals surface area contributed by atoms with E-state index in [4.69, 9.17) is 10.5 Å². The Morgan fingerprint density at radius 3 is 2.81 bits per heavy atom. The van der Waals surface area contributed by atoms with Gasteiger partial charge in [-0.15, -0.1) is 0 Å². The molecule has 2 bridgehead atoms. The minimum Gasteiger partial charge on any atom is -0.380 e. The molecule has 4 nitrogen and oxygen atoms in total. The first-order valence-corrected chi connectivity index (χ1v) is 7.85. The number of anilines is 1. The molecule has 0 spiro atoms. The predicted molar refractivity (Wildman–Crippen MR) is 86.3 cm³/mol. The van der Waals surface area contributed by atoms with Crippen molar-refractivity contribution < 1.29 is 4.74 Å². The topological polar surface area (TPSA) is 59.6 Å². The second-order valence-corrected chi connectivity index (χ2v) is 6.56. The van der Waals surface area contributed by atoms with Gasteiger partial charge in [-0.05, 0) is 49.5 Å². The van der Waals surface area contributed by atoms with Gasteiger partial charge in [0.05, 0.1) is 6.61 Å². The smallest absolute Gasteiger partial charge is 0.193 e. The van der Waals surface area contributed by atoms with Crippen LogP contribution < -0.4 is 11.1 Å². The first kappa shape index (κ1) is 14.4. The number of methoxy groups -OCH3 is 1. The summed E-state index contributed by atoms with van der Waals surface area (Å²) in [6, 6.07) is 8.04. The number of ether oxygens (including phenoxy) is 1. The van der Waals surface area contributed by atoms with Crippen molar-refractivity contribution in [3.05, 3.63) is 29.8 Å². The van der Waals surface area contributed by atoms with E-state index in [0.29, 0.717) is 18.0 Å². The molecule has 0 saturated heterocycles.